The smallest absolute Gasteiger partial charge is 0.265 e. The van der Waals surface area contributed by atoms with Gasteiger partial charge in [-0.2, -0.15) is 0 Å². The van der Waals surface area contributed by atoms with E-state index in [-0.39, 0.29) is 18.4 Å². The van der Waals surface area contributed by atoms with Gasteiger partial charge in [-0.3, -0.25) is 15.0 Å². The van der Waals surface area contributed by atoms with E-state index in [9.17, 15) is 9.59 Å². The highest BCUT2D eigenvalue weighted by Gasteiger charge is 2.20. The summed E-state index contributed by atoms with van der Waals surface area (Å²) in [5.74, 6) is 5.94. The SMILES string of the molecule is CC1CCN(C(=O)COc2ccc(C(=O)NN)cc2)CC1. The third kappa shape index (κ3) is 4.19. The molecular weight excluding hydrogens is 270 g/mol. The molecule has 0 spiro atoms. The Kier molecular flexibility index (Phi) is 5.16. The van der Waals surface area contributed by atoms with E-state index >= 15 is 0 Å². The molecule has 0 unspecified atom stereocenters. The summed E-state index contributed by atoms with van der Waals surface area (Å²) in [5, 5.41) is 0. The highest BCUT2D eigenvalue weighted by Crippen LogP contribution is 2.17. The fraction of sp³-hybridized carbons (Fsp3) is 0.467. The number of piperidine rings is 1. The van der Waals surface area contributed by atoms with Crippen LogP contribution in [0, 0.1) is 5.92 Å². The summed E-state index contributed by atoms with van der Waals surface area (Å²) in [6.45, 7) is 3.84. The number of amides is 2. The molecule has 6 heteroatoms. The number of hydrogen-bond acceptors (Lipinski definition) is 4. The molecule has 0 radical (unpaired) electrons. The minimum absolute atomic E-state index is 0.00526. The molecule has 2 rings (SSSR count). The number of hydrogen-bond donors (Lipinski definition) is 2. The summed E-state index contributed by atoms with van der Waals surface area (Å²) < 4.78 is 5.46. The van der Waals surface area contributed by atoms with Crippen LogP contribution in [0.25, 0.3) is 0 Å². The molecule has 3 N–H and O–H groups in total. The summed E-state index contributed by atoms with van der Waals surface area (Å²) in [6.07, 6.45) is 2.10. The standard InChI is InChI=1S/C15H21N3O3/c1-11-6-8-18(9-7-11)14(19)10-21-13-4-2-12(3-5-13)15(20)17-16/h2-5,11H,6-10,16H2,1H3,(H,17,20). The molecule has 1 aliphatic heterocycles. The summed E-state index contributed by atoms with van der Waals surface area (Å²) >= 11 is 0. The van der Waals surface area contributed by atoms with Crippen LogP contribution in [0.4, 0.5) is 0 Å². The molecular formula is C15H21N3O3. The van der Waals surface area contributed by atoms with Gasteiger partial charge in [0.2, 0.25) is 0 Å². The second-order valence-corrected chi connectivity index (χ2v) is 5.35. The molecule has 0 aliphatic carbocycles. The van der Waals surface area contributed by atoms with Crippen molar-refractivity contribution in [2.75, 3.05) is 19.7 Å². The zero-order valence-corrected chi connectivity index (χ0v) is 12.2. The van der Waals surface area contributed by atoms with E-state index in [1.54, 1.807) is 24.3 Å². The topological polar surface area (TPSA) is 84.7 Å². The Labute approximate surface area is 124 Å². The van der Waals surface area contributed by atoms with Gasteiger partial charge in [0.25, 0.3) is 11.8 Å². The van der Waals surface area contributed by atoms with Crippen LogP contribution in [0.2, 0.25) is 0 Å². The van der Waals surface area contributed by atoms with Gasteiger partial charge in [0, 0.05) is 18.7 Å². The highest BCUT2D eigenvalue weighted by atomic mass is 16.5. The van der Waals surface area contributed by atoms with Gasteiger partial charge in [-0.15, -0.1) is 0 Å². The van der Waals surface area contributed by atoms with Gasteiger partial charge in [0.05, 0.1) is 0 Å². The first-order chi connectivity index (χ1) is 10.1. The lowest BCUT2D eigenvalue weighted by atomic mass is 9.99. The molecule has 1 aliphatic rings. The Bertz CT molecular complexity index is 493. The number of ether oxygens (including phenoxy) is 1. The fourth-order valence-corrected chi connectivity index (χ4v) is 2.28. The van der Waals surface area contributed by atoms with Crippen LogP contribution in [0.5, 0.6) is 5.75 Å². The first-order valence-electron chi connectivity index (χ1n) is 7.11. The number of rotatable bonds is 4. The molecule has 1 saturated heterocycles. The summed E-state index contributed by atoms with van der Waals surface area (Å²) in [7, 11) is 0. The summed E-state index contributed by atoms with van der Waals surface area (Å²) in [4.78, 5) is 25.1. The summed E-state index contributed by atoms with van der Waals surface area (Å²) in [6, 6.07) is 6.50. The van der Waals surface area contributed by atoms with E-state index in [1.807, 2.05) is 4.90 Å². The van der Waals surface area contributed by atoms with Crippen molar-refractivity contribution in [2.24, 2.45) is 11.8 Å². The van der Waals surface area contributed by atoms with E-state index in [2.05, 4.69) is 12.3 Å². The molecule has 114 valence electrons. The molecule has 0 bridgehead atoms. The number of nitrogens with zero attached hydrogens (tertiary/aromatic N) is 1. The van der Waals surface area contributed by atoms with Crippen LogP contribution in [-0.2, 0) is 4.79 Å². The lowest BCUT2D eigenvalue weighted by Crippen LogP contribution is -2.40. The molecule has 1 aromatic rings. The number of likely N-dealkylation sites (tertiary alicyclic amines) is 1. The van der Waals surface area contributed by atoms with Crippen molar-refractivity contribution in [3.8, 4) is 5.75 Å². The monoisotopic (exact) mass is 291 g/mol. The van der Waals surface area contributed by atoms with Crippen LogP contribution in [0.1, 0.15) is 30.1 Å². The van der Waals surface area contributed by atoms with Crippen LogP contribution >= 0.6 is 0 Å². The van der Waals surface area contributed by atoms with Crippen LogP contribution in [0.3, 0.4) is 0 Å². The van der Waals surface area contributed by atoms with Gasteiger partial charge >= 0.3 is 0 Å². The molecule has 2 amide bonds. The Morgan fingerprint density at radius 1 is 1.29 bits per heavy atom. The van der Waals surface area contributed by atoms with Gasteiger partial charge in [-0.25, -0.2) is 5.84 Å². The largest absolute Gasteiger partial charge is 0.484 e. The average Bonchev–Trinajstić information content (AvgIpc) is 2.53. The number of carbonyl (C=O) groups excluding carboxylic acids is 2. The number of hydrazine groups is 1. The molecule has 0 aromatic heterocycles. The highest BCUT2D eigenvalue weighted by molar-refractivity contribution is 5.93. The number of carbonyl (C=O) groups is 2. The number of benzene rings is 1. The van der Waals surface area contributed by atoms with E-state index < -0.39 is 0 Å². The Morgan fingerprint density at radius 2 is 1.90 bits per heavy atom. The average molecular weight is 291 g/mol. The molecule has 0 atom stereocenters. The van der Waals surface area contributed by atoms with Gasteiger partial charge in [-0.1, -0.05) is 6.92 Å². The summed E-state index contributed by atoms with van der Waals surface area (Å²) in [5.41, 5.74) is 2.50. The van der Waals surface area contributed by atoms with Crippen LogP contribution < -0.4 is 16.0 Å². The maximum atomic E-state index is 12.0. The Balaban J connectivity index is 1.82. The van der Waals surface area contributed by atoms with Crippen molar-refractivity contribution < 1.29 is 14.3 Å². The normalized spacial score (nSPS) is 15.6. The molecule has 1 aromatic carbocycles. The van der Waals surface area contributed by atoms with Gasteiger partial charge in [0.15, 0.2) is 6.61 Å². The number of nitrogen functional groups attached to an aromatic ring is 1. The van der Waals surface area contributed by atoms with Crippen molar-refractivity contribution in [2.45, 2.75) is 19.8 Å². The maximum Gasteiger partial charge on any atom is 0.265 e. The molecule has 1 heterocycles. The van der Waals surface area contributed by atoms with Crippen molar-refractivity contribution in [1.82, 2.24) is 10.3 Å². The minimum atomic E-state index is -0.361. The lowest BCUT2D eigenvalue weighted by molar-refractivity contribution is -0.134. The quantitative estimate of drug-likeness (QED) is 0.491. The Morgan fingerprint density at radius 3 is 2.48 bits per heavy atom. The molecule has 0 saturated carbocycles. The van der Waals surface area contributed by atoms with Crippen molar-refractivity contribution >= 4 is 11.8 Å². The van der Waals surface area contributed by atoms with Crippen LogP contribution in [-0.4, -0.2) is 36.4 Å². The molecule has 1 fully saturated rings. The second-order valence-electron chi connectivity index (χ2n) is 5.35. The maximum absolute atomic E-state index is 12.0. The van der Waals surface area contributed by atoms with Crippen molar-refractivity contribution in [3.63, 3.8) is 0 Å². The predicted molar refractivity (Wildman–Crippen MR) is 78.6 cm³/mol. The Hall–Kier alpha value is -2.08. The third-order valence-corrected chi connectivity index (χ3v) is 3.75. The second kappa shape index (κ2) is 7.08. The van der Waals surface area contributed by atoms with E-state index in [4.69, 9.17) is 10.6 Å². The first-order valence-corrected chi connectivity index (χ1v) is 7.11. The van der Waals surface area contributed by atoms with Gasteiger partial charge in [-0.05, 0) is 43.0 Å². The lowest BCUT2D eigenvalue weighted by Gasteiger charge is -2.30. The van der Waals surface area contributed by atoms with Gasteiger partial charge < -0.3 is 9.64 Å². The number of nitrogens with two attached hydrogens (primary N) is 1. The van der Waals surface area contributed by atoms with E-state index in [0.717, 1.165) is 25.9 Å². The van der Waals surface area contributed by atoms with Crippen molar-refractivity contribution in [3.05, 3.63) is 29.8 Å². The zero-order valence-electron chi connectivity index (χ0n) is 12.2. The van der Waals surface area contributed by atoms with Crippen LogP contribution in [0.15, 0.2) is 24.3 Å². The predicted octanol–water partition coefficient (Wildman–Crippen LogP) is 0.927. The molecule has 21 heavy (non-hydrogen) atoms. The first kappa shape index (κ1) is 15.3. The third-order valence-electron chi connectivity index (χ3n) is 3.75. The van der Waals surface area contributed by atoms with Crippen molar-refractivity contribution in [1.29, 1.82) is 0 Å². The van der Waals surface area contributed by atoms with E-state index in [1.165, 1.54) is 0 Å². The molecule has 6 nitrogen and oxygen atoms in total. The van der Waals surface area contributed by atoms with E-state index in [0.29, 0.717) is 17.2 Å². The number of nitrogens with one attached hydrogen (secondary N) is 1. The fourth-order valence-electron chi connectivity index (χ4n) is 2.28. The van der Waals surface area contributed by atoms with Gasteiger partial charge in [0.1, 0.15) is 5.75 Å². The zero-order chi connectivity index (χ0) is 15.2. The minimum Gasteiger partial charge on any atom is -0.484 e.